The van der Waals surface area contributed by atoms with Gasteiger partial charge >= 0.3 is 6.03 Å². The number of hydrogen-bond donors (Lipinski definition) is 1. The highest BCUT2D eigenvalue weighted by atomic mass is 16.5. The second-order valence-corrected chi connectivity index (χ2v) is 6.10. The van der Waals surface area contributed by atoms with Gasteiger partial charge in [-0.3, -0.25) is 4.90 Å². The lowest BCUT2D eigenvalue weighted by molar-refractivity contribution is 0.133. The Bertz CT molecular complexity index is 499. The van der Waals surface area contributed by atoms with Gasteiger partial charge in [0.15, 0.2) is 0 Å². The molecule has 128 valence electrons. The highest BCUT2D eigenvalue weighted by Crippen LogP contribution is 2.16. The SMILES string of the molecule is COc1ccccc1CNC(=O)N1CCN(CCN(C)C)CC1. The van der Waals surface area contributed by atoms with Crippen LogP contribution in [0.25, 0.3) is 0 Å². The van der Waals surface area contributed by atoms with E-state index in [0.29, 0.717) is 6.54 Å². The Kier molecular flexibility index (Phi) is 6.67. The van der Waals surface area contributed by atoms with Crippen molar-refractivity contribution < 1.29 is 9.53 Å². The van der Waals surface area contributed by atoms with Gasteiger partial charge in [-0.05, 0) is 20.2 Å². The summed E-state index contributed by atoms with van der Waals surface area (Å²) < 4.78 is 5.31. The van der Waals surface area contributed by atoms with Gasteiger partial charge in [0.1, 0.15) is 5.75 Å². The molecule has 0 aliphatic carbocycles. The van der Waals surface area contributed by atoms with Gasteiger partial charge < -0.3 is 19.9 Å². The zero-order valence-electron chi connectivity index (χ0n) is 14.4. The van der Waals surface area contributed by atoms with Gasteiger partial charge in [-0.15, -0.1) is 0 Å². The number of likely N-dealkylation sites (N-methyl/N-ethyl adjacent to an activating group) is 1. The van der Waals surface area contributed by atoms with Gasteiger partial charge in [0.05, 0.1) is 7.11 Å². The third kappa shape index (κ3) is 5.41. The van der Waals surface area contributed by atoms with Crippen molar-refractivity contribution in [3.8, 4) is 5.75 Å². The summed E-state index contributed by atoms with van der Waals surface area (Å²) in [4.78, 5) is 18.8. The van der Waals surface area contributed by atoms with Crippen LogP contribution in [0.3, 0.4) is 0 Å². The monoisotopic (exact) mass is 320 g/mol. The standard InChI is InChI=1S/C17H28N4O2/c1-19(2)8-9-20-10-12-21(13-11-20)17(22)18-14-15-6-4-5-7-16(15)23-3/h4-7H,8-14H2,1-3H3,(H,18,22). The maximum atomic E-state index is 12.3. The maximum Gasteiger partial charge on any atom is 0.317 e. The average molecular weight is 320 g/mol. The van der Waals surface area contributed by atoms with Crippen molar-refractivity contribution in [2.45, 2.75) is 6.54 Å². The number of benzene rings is 1. The molecule has 1 N–H and O–H groups in total. The molecule has 1 fully saturated rings. The molecule has 2 amide bonds. The van der Waals surface area contributed by atoms with Crippen LogP contribution in [0.1, 0.15) is 5.56 Å². The second-order valence-electron chi connectivity index (χ2n) is 6.10. The number of ether oxygens (including phenoxy) is 1. The predicted octanol–water partition coefficient (Wildman–Crippen LogP) is 1.08. The van der Waals surface area contributed by atoms with Crippen LogP contribution in [0.15, 0.2) is 24.3 Å². The number of rotatable bonds is 6. The Balaban J connectivity index is 1.75. The van der Waals surface area contributed by atoms with Crippen LogP contribution in [-0.2, 0) is 6.54 Å². The first kappa shape index (κ1) is 17.6. The van der Waals surface area contributed by atoms with E-state index in [-0.39, 0.29) is 6.03 Å². The minimum absolute atomic E-state index is 0.00293. The van der Waals surface area contributed by atoms with Crippen LogP contribution in [0, 0.1) is 0 Å². The summed E-state index contributed by atoms with van der Waals surface area (Å²) in [6.45, 7) is 6.05. The Hall–Kier alpha value is -1.79. The number of nitrogens with zero attached hydrogens (tertiary/aromatic N) is 3. The normalized spacial score (nSPS) is 15.7. The first-order valence-corrected chi connectivity index (χ1v) is 8.12. The molecule has 1 aliphatic rings. The van der Waals surface area contributed by atoms with Gasteiger partial charge in [0.2, 0.25) is 0 Å². The van der Waals surface area contributed by atoms with E-state index >= 15 is 0 Å². The fourth-order valence-corrected chi connectivity index (χ4v) is 2.65. The molecule has 1 aliphatic heterocycles. The zero-order valence-corrected chi connectivity index (χ0v) is 14.4. The summed E-state index contributed by atoms with van der Waals surface area (Å²) in [5, 5.41) is 2.99. The maximum absolute atomic E-state index is 12.3. The molecule has 1 aromatic carbocycles. The molecule has 0 spiro atoms. The zero-order chi connectivity index (χ0) is 16.7. The minimum Gasteiger partial charge on any atom is -0.496 e. The van der Waals surface area contributed by atoms with E-state index in [1.807, 2.05) is 29.2 Å². The molecule has 0 radical (unpaired) electrons. The highest BCUT2D eigenvalue weighted by molar-refractivity contribution is 5.74. The summed E-state index contributed by atoms with van der Waals surface area (Å²) in [5.41, 5.74) is 0.993. The van der Waals surface area contributed by atoms with Gasteiger partial charge in [0.25, 0.3) is 0 Å². The number of para-hydroxylation sites is 1. The van der Waals surface area contributed by atoms with E-state index < -0.39 is 0 Å². The fraction of sp³-hybridized carbons (Fsp3) is 0.588. The Morgan fingerprint density at radius 1 is 1.22 bits per heavy atom. The van der Waals surface area contributed by atoms with Gasteiger partial charge in [0, 0.05) is 51.4 Å². The summed E-state index contributed by atoms with van der Waals surface area (Å²) in [7, 11) is 5.82. The summed E-state index contributed by atoms with van der Waals surface area (Å²) >= 11 is 0. The molecular weight excluding hydrogens is 292 g/mol. The molecule has 1 saturated heterocycles. The van der Waals surface area contributed by atoms with Crippen LogP contribution < -0.4 is 10.1 Å². The van der Waals surface area contributed by atoms with E-state index in [1.165, 1.54) is 0 Å². The Morgan fingerprint density at radius 3 is 2.57 bits per heavy atom. The van der Waals surface area contributed by atoms with Crippen molar-refractivity contribution >= 4 is 6.03 Å². The lowest BCUT2D eigenvalue weighted by atomic mass is 10.2. The van der Waals surface area contributed by atoms with Crippen LogP contribution >= 0.6 is 0 Å². The second kappa shape index (κ2) is 8.74. The number of methoxy groups -OCH3 is 1. The molecule has 0 unspecified atom stereocenters. The molecule has 6 heteroatoms. The van der Waals surface area contributed by atoms with Crippen LogP contribution in [-0.4, -0.2) is 81.2 Å². The van der Waals surface area contributed by atoms with Crippen molar-refractivity contribution in [3.63, 3.8) is 0 Å². The topological polar surface area (TPSA) is 48.1 Å². The lowest BCUT2D eigenvalue weighted by Crippen LogP contribution is -2.52. The summed E-state index contributed by atoms with van der Waals surface area (Å²) in [5.74, 6) is 0.807. The van der Waals surface area contributed by atoms with Crippen LogP contribution in [0.5, 0.6) is 5.75 Å². The number of hydrogen-bond acceptors (Lipinski definition) is 4. The third-order valence-electron chi connectivity index (χ3n) is 4.15. The molecule has 1 heterocycles. The number of nitrogens with one attached hydrogen (secondary N) is 1. The Morgan fingerprint density at radius 2 is 1.91 bits per heavy atom. The lowest BCUT2D eigenvalue weighted by Gasteiger charge is -2.35. The number of carbonyl (C=O) groups is 1. The van der Waals surface area contributed by atoms with E-state index in [4.69, 9.17) is 4.74 Å². The van der Waals surface area contributed by atoms with E-state index in [0.717, 1.165) is 50.6 Å². The first-order chi connectivity index (χ1) is 11.1. The minimum atomic E-state index is 0.00293. The van der Waals surface area contributed by atoms with Crippen LogP contribution in [0.2, 0.25) is 0 Å². The van der Waals surface area contributed by atoms with Crippen molar-refractivity contribution in [2.24, 2.45) is 0 Å². The average Bonchev–Trinajstić information content (AvgIpc) is 2.58. The number of urea groups is 1. The first-order valence-electron chi connectivity index (χ1n) is 8.12. The predicted molar refractivity (Wildman–Crippen MR) is 91.8 cm³/mol. The number of amides is 2. The smallest absolute Gasteiger partial charge is 0.317 e. The Labute approximate surface area is 139 Å². The molecule has 0 saturated carbocycles. The molecule has 1 aromatic rings. The third-order valence-corrected chi connectivity index (χ3v) is 4.15. The molecule has 2 rings (SSSR count). The molecular formula is C17H28N4O2. The van der Waals surface area contributed by atoms with Gasteiger partial charge in [-0.25, -0.2) is 4.79 Å². The summed E-state index contributed by atoms with van der Waals surface area (Å²) in [6, 6.07) is 7.76. The summed E-state index contributed by atoms with van der Waals surface area (Å²) in [6.07, 6.45) is 0. The number of piperazine rings is 1. The number of carbonyl (C=O) groups excluding carboxylic acids is 1. The molecule has 0 bridgehead atoms. The largest absolute Gasteiger partial charge is 0.496 e. The van der Waals surface area contributed by atoms with Crippen LogP contribution in [0.4, 0.5) is 4.79 Å². The van der Waals surface area contributed by atoms with Crippen molar-refractivity contribution in [1.29, 1.82) is 0 Å². The van der Waals surface area contributed by atoms with Gasteiger partial charge in [-0.2, -0.15) is 0 Å². The quantitative estimate of drug-likeness (QED) is 0.852. The molecule has 0 atom stereocenters. The molecule has 23 heavy (non-hydrogen) atoms. The van der Waals surface area contributed by atoms with E-state index in [2.05, 4.69) is 29.2 Å². The van der Waals surface area contributed by atoms with Crippen molar-refractivity contribution in [3.05, 3.63) is 29.8 Å². The highest BCUT2D eigenvalue weighted by Gasteiger charge is 2.20. The fourth-order valence-electron chi connectivity index (χ4n) is 2.65. The van der Waals surface area contributed by atoms with Crippen molar-refractivity contribution in [2.75, 3.05) is 60.5 Å². The molecule has 0 aromatic heterocycles. The van der Waals surface area contributed by atoms with Crippen molar-refractivity contribution in [1.82, 2.24) is 20.0 Å². The van der Waals surface area contributed by atoms with E-state index in [9.17, 15) is 4.79 Å². The van der Waals surface area contributed by atoms with E-state index in [1.54, 1.807) is 7.11 Å². The van der Waals surface area contributed by atoms with Gasteiger partial charge in [-0.1, -0.05) is 18.2 Å². The molecule has 6 nitrogen and oxygen atoms in total.